The minimum absolute atomic E-state index is 0.154. The molecule has 1 aromatic rings. The molecular weight excluding hydrogens is 364 g/mol. The average molecular weight is 381 g/mol. The molecule has 22 heavy (non-hydrogen) atoms. The predicted molar refractivity (Wildman–Crippen MR) is 93.7 cm³/mol. The number of carbonyl (C=O) groups is 1. The maximum atomic E-state index is 12.1. The van der Waals surface area contributed by atoms with Crippen molar-refractivity contribution in [2.75, 3.05) is 13.1 Å². The first-order valence-corrected chi connectivity index (χ1v) is 8.81. The molecule has 1 aromatic carbocycles. The highest BCUT2D eigenvalue weighted by Gasteiger charge is 2.30. The van der Waals surface area contributed by atoms with Gasteiger partial charge in [0.2, 0.25) is 0 Å². The van der Waals surface area contributed by atoms with Gasteiger partial charge in [-0.2, -0.15) is 4.99 Å². The maximum absolute atomic E-state index is 12.1. The van der Waals surface area contributed by atoms with Crippen molar-refractivity contribution >= 4 is 44.8 Å². The van der Waals surface area contributed by atoms with Gasteiger partial charge in [0.1, 0.15) is 0 Å². The highest BCUT2D eigenvalue weighted by atomic mass is 79.9. The number of aliphatic imine (C=N–C) groups is 1. The number of rotatable bonds is 1. The number of nitrogens with zero attached hydrogens (tertiary/aromatic N) is 2. The van der Waals surface area contributed by atoms with Crippen LogP contribution in [0.3, 0.4) is 0 Å². The third-order valence-electron chi connectivity index (χ3n) is 3.47. The quantitative estimate of drug-likeness (QED) is 0.698. The Kier molecular flexibility index (Phi) is 4.70. The van der Waals surface area contributed by atoms with Gasteiger partial charge in [0.25, 0.3) is 5.91 Å². The van der Waals surface area contributed by atoms with E-state index in [1.165, 1.54) is 11.8 Å². The van der Waals surface area contributed by atoms with Gasteiger partial charge in [-0.3, -0.25) is 4.79 Å². The van der Waals surface area contributed by atoms with Crippen LogP contribution in [0, 0.1) is 0 Å². The first kappa shape index (κ1) is 15.8. The number of halogens is 1. The van der Waals surface area contributed by atoms with Crippen LogP contribution in [0.1, 0.15) is 19.4 Å². The first-order valence-electron chi connectivity index (χ1n) is 7.20. The lowest BCUT2D eigenvalue weighted by Gasteiger charge is -2.35. The minimum Gasteiger partial charge on any atom is -0.372 e. The van der Waals surface area contributed by atoms with Gasteiger partial charge in [0.15, 0.2) is 5.17 Å². The second-order valence-electron chi connectivity index (χ2n) is 5.52. The van der Waals surface area contributed by atoms with Gasteiger partial charge >= 0.3 is 0 Å². The zero-order chi connectivity index (χ0) is 15.7. The second-order valence-corrected chi connectivity index (χ2v) is 7.45. The number of morpholine rings is 1. The third-order valence-corrected chi connectivity index (χ3v) is 5.04. The number of hydrogen-bond donors (Lipinski definition) is 0. The Hall–Kier alpha value is -1.11. The molecule has 1 saturated heterocycles. The van der Waals surface area contributed by atoms with E-state index < -0.39 is 0 Å². The molecule has 0 aromatic heterocycles. The molecule has 2 aliphatic heterocycles. The van der Waals surface area contributed by atoms with Gasteiger partial charge in [0.05, 0.1) is 17.1 Å². The van der Waals surface area contributed by atoms with E-state index in [4.69, 9.17) is 4.74 Å². The standard InChI is InChI=1S/C16H17BrN2O2S/c1-10-8-19(9-11(2)21-10)16-18-15(20)14(22-16)7-12-3-5-13(17)6-4-12/h3-7,10-11H,8-9H2,1-2H3/b14-7-. The zero-order valence-electron chi connectivity index (χ0n) is 12.5. The fourth-order valence-corrected chi connectivity index (χ4v) is 3.77. The molecule has 2 heterocycles. The highest BCUT2D eigenvalue weighted by molar-refractivity contribution is 9.10. The summed E-state index contributed by atoms with van der Waals surface area (Å²) < 4.78 is 6.75. The molecule has 0 bridgehead atoms. The van der Waals surface area contributed by atoms with E-state index in [-0.39, 0.29) is 18.1 Å². The number of hydrogen-bond acceptors (Lipinski definition) is 4. The van der Waals surface area contributed by atoms with Gasteiger partial charge in [-0.25, -0.2) is 0 Å². The van der Waals surface area contributed by atoms with Crippen LogP contribution in [0.2, 0.25) is 0 Å². The summed E-state index contributed by atoms with van der Waals surface area (Å²) >= 11 is 4.86. The molecular formula is C16H17BrN2O2S. The van der Waals surface area contributed by atoms with E-state index >= 15 is 0 Å². The fraction of sp³-hybridized carbons (Fsp3) is 0.375. The van der Waals surface area contributed by atoms with Crippen molar-refractivity contribution in [2.24, 2.45) is 4.99 Å². The topological polar surface area (TPSA) is 41.9 Å². The van der Waals surface area contributed by atoms with E-state index in [2.05, 4.69) is 25.8 Å². The van der Waals surface area contributed by atoms with Crippen molar-refractivity contribution in [3.8, 4) is 0 Å². The Morgan fingerprint density at radius 2 is 1.91 bits per heavy atom. The molecule has 0 saturated carbocycles. The van der Waals surface area contributed by atoms with E-state index in [1.807, 2.05) is 44.2 Å². The maximum Gasteiger partial charge on any atom is 0.286 e. The van der Waals surface area contributed by atoms with Gasteiger partial charge in [-0.05, 0) is 49.4 Å². The van der Waals surface area contributed by atoms with E-state index in [0.717, 1.165) is 28.3 Å². The fourth-order valence-electron chi connectivity index (χ4n) is 2.58. The molecule has 6 heteroatoms. The predicted octanol–water partition coefficient (Wildman–Crippen LogP) is 3.53. The van der Waals surface area contributed by atoms with Crippen LogP contribution < -0.4 is 0 Å². The van der Waals surface area contributed by atoms with Crippen LogP contribution in [0.4, 0.5) is 0 Å². The lowest BCUT2D eigenvalue weighted by molar-refractivity contribution is -0.113. The molecule has 0 radical (unpaired) electrons. The third kappa shape index (κ3) is 3.62. The van der Waals surface area contributed by atoms with Crippen molar-refractivity contribution in [3.63, 3.8) is 0 Å². The van der Waals surface area contributed by atoms with Gasteiger partial charge in [0, 0.05) is 17.6 Å². The average Bonchev–Trinajstić information content (AvgIpc) is 2.82. The molecule has 0 aliphatic carbocycles. The van der Waals surface area contributed by atoms with Crippen molar-refractivity contribution in [3.05, 3.63) is 39.2 Å². The second kappa shape index (κ2) is 6.56. The summed E-state index contributed by atoms with van der Waals surface area (Å²) in [6.07, 6.45) is 2.20. The molecule has 1 fully saturated rings. The van der Waals surface area contributed by atoms with Crippen LogP contribution in [0.5, 0.6) is 0 Å². The summed E-state index contributed by atoms with van der Waals surface area (Å²) in [6.45, 7) is 5.64. The van der Waals surface area contributed by atoms with Gasteiger partial charge in [-0.15, -0.1) is 0 Å². The Morgan fingerprint density at radius 1 is 1.27 bits per heavy atom. The van der Waals surface area contributed by atoms with Crippen molar-refractivity contribution in [1.29, 1.82) is 0 Å². The van der Waals surface area contributed by atoms with Gasteiger partial charge in [-0.1, -0.05) is 28.1 Å². The number of amidine groups is 1. The number of carbonyl (C=O) groups excluding carboxylic acids is 1. The Bertz CT molecular complexity index is 632. The molecule has 2 unspecified atom stereocenters. The van der Waals surface area contributed by atoms with Crippen LogP contribution in [0.15, 0.2) is 38.6 Å². The largest absolute Gasteiger partial charge is 0.372 e. The minimum atomic E-state index is -0.158. The molecule has 1 amide bonds. The number of benzene rings is 1. The number of ether oxygens (including phenoxy) is 1. The molecule has 2 aliphatic rings. The monoisotopic (exact) mass is 380 g/mol. The summed E-state index contributed by atoms with van der Waals surface area (Å²) in [5.74, 6) is -0.158. The van der Waals surface area contributed by atoms with Crippen molar-refractivity contribution in [2.45, 2.75) is 26.1 Å². The summed E-state index contributed by atoms with van der Waals surface area (Å²) in [7, 11) is 0. The van der Waals surface area contributed by atoms with Crippen molar-refractivity contribution in [1.82, 2.24) is 4.90 Å². The van der Waals surface area contributed by atoms with Crippen LogP contribution in [-0.4, -0.2) is 41.3 Å². The zero-order valence-corrected chi connectivity index (χ0v) is 14.9. The lowest BCUT2D eigenvalue weighted by atomic mass is 10.2. The molecule has 116 valence electrons. The summed E-state index contributed by atoms with van der Waals surface area (Å²) in [4.78, 5) is 19.1. The summed E-state index contributed by atoms with van der Waals surface area (Å²) in [5, 5.41) is 0.787. The van der Waals surface area contributed by atoms with E-state index in [0.29, 0.717) is 4.91 Å². The normalized spacial score (nSPS) is 27.4. The molecule has 3 rings (SSSR count). The van der Waals surface area contributed by atoms with E-state index in [1.54, 1.807) is 0 Å². The Balaban J connectivity index is 1.74. The van der Waals surface area contributed by atoms with Crippen LogP contribution in [0.25, 0.3) is 6.08 Å². The van der Waals surface area contributed by atoms with Crippen molar-refractivity contribution < 1.29 is 9.53 Å². The van der Waals surface area contributed by atoms with Crippen LogP contribution >= 0.6 is 27.7 Å². The smallest absolute Gasteiger partial charge is 0.286 e. The van der Waals surface area contributed by atoms with Crippen LogP contribution in [-0.2, 0) is 9.53 Å². The molecule has 0 spiro atoms. The molecule has 0 N–H and O–H groups in total. The lowest BCUT2D eigenvalue weighted by Crippen LogP contribution is -2.47. The number of thioether (sulfide) groups is 1. The van der Waals surface area contributed by atoms with E-state index in [9.17, 15) is 4.79 Å². The molecule has 4 nitrogen and oxygen atoms in total. The summed E-state index contributed by atoms with van der Waals surface area (Å²) in [6, 6.07) is 7.87. The SMILES string of the molecule is CC1CN(C2=NC(=O)/C(=C/c3ccc(Br)cc3)S2)CC(C)O1. The number of amides is 1. The summed E-state index contributed by atoms with van der Waals surface area (Å²) in [5.41, 5.74) is 0.999. The highest BCUT2D eigenvalue weighted by Crippen LogP contribution is 2.31. The van der Waals surface area contributed by atoms with Gasteiger partial charge < -0.3 is 9.64 Å². The Morgan fingerprint density at radius 3 is 2.55 bits per heavy atom. The molecule has 2 atom stereocenters. The first-order chi connectivity index (χ1) is 10.5. The Labute approximate surface area is 142 Å².